The van der Waals surface area contributed by atoms with Crippen molar-refractivity contribution in [2.24, 2.45) is 0 Å². The molecule has 4 rings (SSSR count). The van der Waals surface area contributed by atoms with E-state index >= 15 is 0 Å². The average molecular weight is 422 g/mol. The minimum atomic E-state index is 0.0546. The molecule has 152 valence electrons. The number of hydrogen-bond acceptors (Lipinski definition) is 6. The van der Waals surface area contributed by atoms with Crippen LogP contribution in [-0.4, -0.2) is 51.4 Å². The van der Waals surface area contributed by atoms with Crippen molar-refractivity contribution >= 4 is 39.2 Å². The topological polar surface area (TPSA) is 64.4 Å². The highest BCUT2D eigenvalue weighted by Gasteiger charge is 2.27. The molecular weight excluding hydrogens is 394 g/mol. The Morgan fingerprint density at radius 2 is 2.04 bits per heavy atom. The molecular formula is C20H27N3O3S2. The second-order valence-corrected chi connectivity index (χ2v) is 9.76. The van der Waals surface area contributed by atoms with E-state index in [4.69, 9.17) is 9.72 Å². The lowest BCUT2D eigenvalue weighted by atomic mass is 10.2. The summed E-state index contributed by atoms with van der Waals surface area (Å²) in [4.78, 5) is 34.8. The van der Waals surface area contributed by atoms with E-state index in [0.717, 1.165) is 35.9 Å². The molecule has 28 heavy (non-hydrogen) atoms. The van der Waals surface area contributed by atoms with Gasteiger partial charge in [0, 0.05) is 24.5 Å². The van der Waals surface area contributed by atoms with Crippen molar-refractivity contribution in [2.45, 2.75) is 70.4 Å². The second kappa shape index (κ2) is 8.16. The van der Waals surface area contributed by atoms with Crippen molar-refractivity contribution in [3.8, 4) is 0 Å². The van der Waals surface area contributed by atoms with Gasteiger partial charge in [-0.15, -0.1) is 11.3 Å². The van der Waals surface area contributed by atoms with E-state index in [1.807, 2.05) is 18.7 Å². The first kappa shape index (κ1) is 19.9. The number of aromatic nitrogens is 2. The predicted octanol–water partition coefficient (Wildman–Crippen LogP) is 3.08. The molecule has 0 spiro atoms. The Morgan fingerprint density at radius 3 is 2.75 bits per heavy atom. The molecule has 1 saturated heterocycles. The fraction of sp³-hybridized carbons (Fsp3) is 0.650. The van der Waals surface area contributed by atoms with E-state index in [-0.39, 0.29) is 23.7 Å². The summed E-state index contributed by atoms with van der Waals surface area (Å²) in [5.74, 6) is 0.379. The average Bonchev–Trinajstić information content (AvgIpc) is 3.22. The number of amides is 1. The molecule has 2 atom stereocenters. The molecule has 0 N–H and O–H groups in total. The number of hydrogen-bond donors (Lipinski definition) is 0. The molecule has 3 heterocycles. The smallest absolute Gasteiger partial charge is 0.263 e. The Kier molecular flexibility index (Phi) is 5.81. The van der Waals surface area contributed by atoms with Crippen LogP contribution < -0.4 is 5.56 Å². The number of thiophene rings is 1. The minimum Gasteiger partial charge on any atom is -0.372 e. The number of carbonyl (C=O) groups excluding carboxylic acids is 1. The quantitative estimate of drug-likeness (QED) is 0.548. The van der Waals surface area contributed by atoms with Crippen molar-refractivity contribution < 1.29 is 9.53 Å². The fourth-order valence-corrected chi connectivity index (χ4v) is 6.42. The Morgan fingerprint density at radius 1 is 1.29 bits per heavy atom. The largest absolute Gasteiger partial charge is 0.372 e. The van der Waals surface area contributed by atoms with E-state index in [9.17, 15) is 9.59 Å². The summed E-state index contributed by atoms with van der Waals surface area (Å²) in [7, 11) is 0. The van der Waals surface area contributed by atoms with Crippen LogP contribution in [0.15, 0.2) is 9.95 Å². The first-order valence-electron chi connectivity index (χ1n) is 10.1. The van der Waals surface area contributed by atoms with Gasteiger partial charge in [-0.25, -0.2) is 4.98 Å². The summed E-state index contributed by atoms with van der Waals surface area (Å²) >= 11 is 3.04. The summed E-state index contributed by atoms with van der Waals surface area (Å²) in [6.45, 7) is 7.92. The molecule has 8 heteroatoms. The molecule has 1 fully saturated rings. The monoisotopic (exact) mass is 421 g/mol. The molecule has 2 aliphatic rings. The van der Waals surface area contributed by atoms with Crippen LogP contribution in [0.4, 0.5) is 0 Å². The van der Waals surface area contributed by atoms with Crippen LogP contribution >= 0.6 is 23.1 Å². The van der Waals surface area contributed by atoms with Gasteiger partial charge in [-0.1, -0.05) is 18.7 Å². The summed E-state index contributed by atoms with van der Waals surface area (Å²) in [5, 5.41) is 1.49. The van der Waals surface area contributed by atoms with Gasteiger partial charge in [-0.05, 0) is 45.1 Å². The van der Waals surface area contributed by atoms with E-state index in [0.29, 0.717) is 30.5 Å². The van der Waals surface area contributed by atoms with Gasteiger partial charge in [0.1, 0.15) is 4.83 Å². The zero-order chi connectivity index (χ0) is 19.8. The molecule has 0 saturated carbocycles. The lowest BCUT2D eigenvalue weighted by molar-refractivity contribution is -0.140. The molecule has 0 unspecified atom stereocenters. The highest BCUT2D eigenvalue weighted by molar-refractivity contribution is 7.99. The zero-order valence-electron chi connectivity index (χ0n) is 16.7. The normalized spacial score (nSPS) is 22.0. The fourth-order valence-electron chi connectivity index (χ4n) is 4.19. The molecule has 0 radical (unpaired) electrons. The lowest BCUT2D eigenvalue weighted by Crippen LogP contribution is -2.48. The van der Waals surface area contributed by atoms with Gasteiger partial charge in [0.05, 0.1) is 23.3 Å². The van der Waals surface area contributed by atoms with E-state index in [1.54, 1.807) is 15.9 Å². The van der Waals surface area contributed by atoms with Crippen molar-refractivity contribution in [2.75, 3.05) is 18.8 Å². The number of thioether (sulfide) groups is 1. The van der Waals surface area contributed by atoms with Gasteiger partial charge in [-0.2, -0.15) is 0 Å². The Bertz CT molecular complexity index is 942. The summed E-state index contributed by atoms with van der Waals surface area (Å²) in [6, 6.07) is 0. The van der Waals surface area contributed by atoms with Crippen LogP contribution in [-0.2, 0) is 28.9 Å². The maximum Gasteiger partial charge on any atom is 0.263 e. The predicted molar refractivity (Wildman–Crippen MR) is 114 cm³/mol. The minimum absolute atomic E-state index is 0.0546. The van der Waals surface area contributed by atoms with Gasteiger partial charge in [0.2, 0.25) is 5.91 Å². The SMILES string of the molecule is CCCn1c(SCC(=O)N2C[C@@H](C)O[C@@H](C)C2)nc2sc3c(c2c1=O)CCC3. The van der Waals surface area contributed by atoms with E-state index < -0.39 is 0 Å². The number of morpholine rings is 1. The number of aryl methyl sites for hydroxylation is 2. The van der Waals surface area contributed by atoms with Crippen molar-refractivity contribution in [1.82, 2.24) is 14.5 Å². The number of fused-ring (bicyclic) bond motifs is 3. The maximum absolute atomic E-state index is 13.2. The molecule has 2 aromatic heterocycles. The van der Waals surface area contributed by atoms with Crippen molar-refractivity contribution in [1.29, 1.82) is 0 Å². The second-order valence-electron chi connectivity index (χ2n) is 7.73. The summed E-state index contributed by atoms with van der Waals surface area (Å²) in [5.41, 5.74) is 1.28. The van der Waals surface area contributed by atoms with Crippen LogP contribution in [0.5, 0.6) is 0 Å². The Balaban J connectivity index is 1.58. The van der Waals surface area contributed by atoms with Crippen molar-refractivity contribution in [3.05, 3.63) is 20.8 Å². The van der Waals surface area contributed by atoms with Crippen LogP contribution in [0.25, 0.3) is 10.2 Å². The zero-order valence-corrected chi connectivity index (χ0v) is 18.3. The van der Waals surface area contributed by atoms with Gasteiger partial charge in [0.15, 0.2) is 5.16 Å². The molecule has 1 aliphatic heterocycles. The van der Waals surface area contributed by atoms with Crippen LogP contribution in [0.1, 0.15) is 44.1 Å². The van der Waals surface area contributed by atoms with Gasteiger partial charge < -0.3 is 9.64 Å². The van der Waals surface area contributed by atoms with E-state index in [2.05, 4.69) is 6.92 Å². The lowest BCUT2D eigenvalue weighted by Gasteiger charge is -2.35. The third-order valence-electron chi connectivity index (χ3n) is 5.33. The standard InChI is InChI=1S/C20H27N3O3S2/c1-4-8-23-19(25)17-14-6-5-7-15(14)28-18(17)21-20(23)27-11-16(24)22-9-12(2)26-13(3)10-22/h12-13H,4-11H2,1-3H3/t12-,13+. The Hall–Kier alpha value is -1.38. The number of carbonyl (C=O) groups is 1. The molecule has 1 aliphatic carbocycles. The molecule has 6 nitrogen and oxygen atoms in total. The maximum atomic E-state index is 13.2. The van der Waals surface area contributed by atoms with Gasteiger partial charge in [-0.3, -0.25) is 14.2 Å². The first-order valence-corrected chi connectivity index (χ1v) is 11.9. The summed E-state index contributed by atoms with van der Waals surface area (Å²) < 4.78 is 7.49. The molecule has 0 bridgehead atoms. The Labute approximate surface area is 173 Å². The number of rotatable bonds is 5. The van der Waals surface area contributed by atoms with Crippen LogP contribution in [0.3, 0.4) is 0 Å². The van der Waals surface area contributed by atoms with Crippen LogP contribution in [0, 0.1) is 0 Å². The van der Waals surface area contributed by atoms with E-state index in [1.165, 1.54) is 22.2 Å². The van der Waals surface area contributed by atoms with Crippen molar-refractivity contribution in [3.63, 3.8) is 0 Å². The van der Waals surface area contributed by atoms with Gasteiger partial charge in [0.25, 0.3) is 5.56 Å². The molecule has 1 amide bonds. The number of nitrogens with zero attached hydrogens (tertiary/aromatic N) is 3. The highest BCUT2D eigenvalue weighted by atomic mass is 32.2. The molecule has 0 aromatic carbocycles. The summed E-state index contributed by atoms with van der Waals surface area (Å²) in [6.07, 6.45) is 4.14. The third kappa shape index (κ3) is 3.74. The highest BCUT2D eigenvalue weighted by Crippen LogP contribution is 2.35. The first-order chi connectivity index (χ1) is 13.5. The molecule has 2 aromatic rings. The van der Waals surface area contributed by atoms with Gasteiger partial charge >= 0.3 is 0 Å². The number of ether oxygens (including phenoxy) is 1. The van der Waals surface area contributed by atoms with Crippen LogP contribution in [0.2, 0.25) is 0 Å². The third-order valence-corrected chi connectivity index (χ3v) is 7.48.